The SMILES string of the molecule is CCCCCC(C)NC(=O)c1cc(N)nc2ccccc12. The van der Waals surface area contributed by atoms with Crippen molar-refractivity contribution >= 4 is 22.6 Å². The first kappa shape index (κ1) is 15.3. The van der Waals surface area contributed by atoms with Crippen molar-refractivity contribution in [3.63, 3.8) is 0 Å². The Morgan fingerprint density at radius 1 is 1.33 bits per heavy atom. The lowest BCUT2D eigenvalue weighted by molar-refractivity contribution is 0.0939. The van der Waals surface area contributed by atoms with Crippen LogP contribution in [0.5, 0.6) is 0 Å². The van der Waals surface area contributed by atoms with Crippen LogP contribution in [-0.4, -0.2) is 16.9 Å². The maximum Gasteiger partial charge on any atom is 0.252 e. The minimum atomic E-state index is -0.0794. The van der Waals surface area contributed by atoms with Crippen LogP contribution in [0.2, 0.25) is 0 Å². The van der Waals surface area contributed by atoms with Gasteiger partial charge < -0.3 is 11.1 Å². The van der Waals surface area contributed by atoms with Crippen LogP contribution in [-0.2, 0) is 0 Å². The average molecular weight is 285 g/mol. The zero-order valence-corrected chi connectivity index (χ0v) is 12.7. The minimum absolute atomic E-state index is 0.0794. The number of unbranched alkanes of at least 4 members (excludes halogenated alkanes) is 2. The number of fused-ring (bicyclic) bond motifs is 1. The molecule has 0 aliphatic rings. The van der Waals surface area contributed by atoms with E-state index in [4.69, 9.17) is 5.73 Å². The third kappa shape index (κ3) is 3.94. The summed E-state index contributed by atoms with van der Waals surface area (Å²) in [6.07, 6.45) is 4.52. The molecule has 0 bridgehead atoms. The van der Waals surface area contributed by atoms with E-state index in [0.29, 0.717) is 11.4 Å². The van der Waals surface area contributed by atoms with Gasteiger partial charge in [-0.3, -0.25) is 4.79 Å². The van der Waals surface area contributed by atoms with Crippen molar-refractivity contribution in [2.75, 3.05) is 5.73 Å². The minimum Gasteiger partial charge on any atom is -0.384 e. The Bertz CT molecular complexity index is 624. The molecule has 0 saturated carbocycles. The number of nitrogens with one attached hydrogen (secondary N) is 1. The molecule has 4 nitrogen and oxygen atoms in total. The average Bonchev–Trinajstić information content (AvgIpc) is 2.46. The molecule has 2 rings (SSSR count). The first-order valence-electron chi connectivity index (χ1n) is 7.58. The second-order valence-corrected chi connectivity index (χ2v) is 5.48. The highest BCUT2D eigenvalue weighted by Gasteiger charge is 2.14. The quantitative estimate of drug-likeness (QED) is 0.798. The van der Waals surface area contributed by atoms with Crippen molar-refractivity contribution < 1.29 is 4.79 Å². The van der Waals surface area contributed by atoms with Crippen molar-refractivity contribution in [1.82, 2.24) is 10.3 Å². The summed E-state index contributed by atoms with van der Waals surface area (Å²) in [6.45, 7) is 4.22. The van der Waals surface area contributed by atoms with Gasteiger partial charge in [-0.2, -0.15) is 0 Å². The van der Waals surface area contributed by atoms with E-state index in [1.54, 1.807) is 6.07 Å². The number of aromatic nitrogens is 1. The number of hydrogen-bond donors (Lipinski definition) is 2. The largest absolute Gasteiger partial charge is 0.384 e. The predicted octanol–water partition coefficient (Wildman–Crippen LogP) is 3.52. The lowest BCUT2D eigenvalue weighted by atomic mass is 10.1. The first-order chi connectivity index (χ1) is 10.1. The smallest absolute Gasteiger partial charge is 0.252 e. The fourth-order valence-electron chi connectivity index (χ4n) is 2.46. The molecule has 112 valence electrons. The van der Waals surface area contributed by atoms with E-state index in [2.05, 4.69) is 17.2 Å². The van der Waals surface area contributed by atoms with Crippen LogP contribution in [0.1, 0.15) is 49.9 Å². The number of rotatable bonds is 6. The molecule has 1 atom stereocenters. The Labute approximate surface area is 125 Å². The third-order valence-electron chi connectivity index (χ3n) is 3.60. The van der Waals surface area contributed by atoms with Crippen LogP contribution in [0.15, 0.2) is 30.3 Å². The van der Waals surface area contributed by atoms with Crippen LogP contribution in [0, 0.1) is 0 Å². The normalized spacial score (nSPS) is 12.3. The first-order valence-corrected chi connectivity index (χ1v) is 7.58. The van der Waals surface area contributed by atoms with E-state index in [1.807, 2.05) is 31.2 Å². The number of anilines is 1. The molecule has 0 spiro atoms. The summed E-state index contributed by atoms with van der Waals surface area (Å²) < 4.78 is 0. The van der Waals surface area contributed by atoms with Crippen LogP contribution in [0.4, 0.5) is 5.82 Å². The van der Waals surface area contributed by atoms with Gasteiger partial charge in [0.25, 0.3) is 5.91 Å². The molecular formula is C17H23N3O. The summed E-state index contributed by atoms with van der Waals surface area (Å²) in [5.74, 6) is 0.293. The molecule has 0 fully saturated rings. The molecule has 3 N–H and O–H groups in total. The second-order valence-electron chi connectivity index (χ2n) is 5.48. The number of nitrogens with zero attached hydrogens (tertiary/aromatic N) is 1. The lowest BCUT2D eigenvalue weighted by Gasteiger charge is -2.15. The van der Waals surface area contributed by atoms with Crippen molar-refractivity contribution in [2.24, 2.45) is 0 Å². The van der Waals surface area contributed by atoms with E-state index in [9.17, 15) is 4.79 Å². The topological polar surface area (TPSA) is 68.0 Å². The number of pyridine rings is 1. The molecule has 1 heterocycles. The van der Waals surface area contributed by atoms with E-state index in [-0.39, 0.29) is 11.9 Å². The molecule has 1 unspecified atom stereocenters. The highest BCUT2D eigenvalue weighted by Crippen LogP contribution is 2.19. The van der Waals surface area contributed by atoms with Gasteiger partial charge in [0.05, 0.1) is 11.1 Å². The van der Waals surface area contributed by atoms with Gasteiger partial charge in [-0.15, -0.1) is 0 Å². The molecular weight excluding hydrogens is 262 g/mol. The zero-order valence-electron chi connectivity index (χ0n) is 12.7. The zero-order chi connectivity index (χ0) is 15.2. The fourth-order valence-corrected chi connectivity index (χ4v) is 2.46. The number of benzene rings is 1. The third-order valence-corrected chi connectivity index (χ3v) is 3.60. The summed E-state index contributed by atoms with van der Waals surface area (Å²) in [6, 6.07) is 9.38. The summed E-state index contributed by atoms with van der Waals surface area (Å²) in [5.41, 5.74) is 7.15. The molecule has 21 heavy (non-hydrogen) atoms. The monoisotopic (exact) mass is 285 g/mol. The van der Waals surface area contributed by atoms with Crippen LogP contribution in [0.25, 0.3) is 10.9 Å². The van der Waals surface area contributed by atoms with Gasteiger partial charge in [-0.1, -0.05) is 44.4 Å². The van der Waals surface area contributed by atoms with Crippen LogP contribution >= 0.6 is 0 Å². The highest BCUT2D eigenvalue weighted by atomic mass is 16.1. The summed E-state index contributed by atoms with van der Waals surface area (Å²) in [5, 5.41) is 3.89. The van der Waals surface area contributed by atoms with Gasteiger partial charge >= 0.3 is 0 Å². The summed E-state index contributed by atoms with van der Waals surface area (Å²) >= 11 is 0. The van der Waals surface area contributed by atoms with Gasteiger partial charge in [0.15, 0.2) is 0 Å². The molecule has 1 amide bonds. The van der Waals surface area contributed by atoms with Crippen LogP contribution < -0.4 is 11.1 Å². The Morgan fingerprint density at radius 2 is 2.10 bits per heavy atom. The Morgan fingerprint density at radius 3 is 2.86 bits per heavy atom. The predicted molar refractivity (Wildman–Crippen MR) is 87.2 cm³/mol. The number of amides is 1. The van der Waals surface area contributed by atoms with Crippen molar-refractivity contribution in [1.29, 1.82) is 0 Å². The number of para-hydroxylation sites is 1. The van der Waals surface area contributed by atoms with Crippen molar-refractivity contribution in [2.45, 2.75) is 45.6 Å². The van der Waals surface area contributed by atoms with Crippen molar-refractivity contribution in [3.05, 3.63) is 35.9 Å². The molecule has 0 radical (unpaired) electrons. The van der Waals surface area contributed by atoms with Crippen LogP contribution in [0.3, 0.4) is 0 Å². The fraction of sp³-hybridized carbons (Fsp3) is 0.412. The Balaban J connectivity index is 2.15. The van der Waals surface area contributed by atoms with Gasteiger partial charge in [-0.05, 0) is 25.5 Å². The second kappa shape index (κ2) is 7.07. The number of carbonyl (C=O) groups is 1. The maximum absolute atomic E-state index is 12.5. The molecule has 4 heteroatoms. The van der Waals surface area contributed by atoms with E-state index >= 15 is 0 Å². The number of carbonyl (C=O) groups excluding carboxylic acids is 1. The number of hydrogen-bond acceptors (Lipinski definition) is 3. The maximum atomic E-state index is 12.5. The molecule has 1 aromatic heterocycles. The lowest BCUT2D eigenvalue weighted by Crippen LogP contribution is -2.32. The Hall–Kier alpha value is -2.10. The van der Waals surface area contributed by atoms with Crippen molar-refractivity contribution in [3.8, 4) is 0 Å². The van der Waals surface area contributed by atoms with Gasteiger partial charge in [0.2, 0.25) is 0 Å². The summed E-state index contributed by atoms with van der Waals surface area (Å²) in [4.78, 5) is 16.7. The van der Waals surface area contributed by atoms with Gasteiger partial charge in [-0.25, -0.2) is 4.98 Å². The van der Waals surface area contributed by atoms with Gasteiger partial charge in [0, 0.05) is 11.4 Å². The molecule has 2 aromatic rings. The number of nitrogen functional groups attached to an aromatic ring is 1. The van der Waals surface area contributed by atoms with E-state index < -0.39 is 0 Å². The molecule has 1 aromatic carbocycles. The number of nitrogens with two attached hydrogens (primary N) is 1. The summed E-state index contributed by atoms with van der Waals surface area (Å²) in [7, 11) is 0. The van der Waals surface area contributed by atoms with Gasteiger partial charge in [0.1, 0.15) is 5.82 Å². The molecule has 0 aliphatic heterocycles. The highest BCUT2D eigenvalue weighted by molar-refractivity contribution is 6.06. The Kier molecular flexibility index (Phi) is 5.14. The molecule has 0 aliphatic carbocycles. The van der Waals surface area contributed by atoms with E-state index in [0.717, 1.165) is 23.7 Å². The van der Waals surface area contributed by atoms with E-state index in [1.165, 1.54) is 12.8 Å². The standard InChI is InChI=1S/C17H23N3O/c1-3-4-5-8-12(2)19-17(21)14-11-16(18)20-15-10-7-6-9-13(14)15/h6-7,9-12H,3-5,8H2,1-2H3,(H2,18,20)(H,19,21). The molecule has 0 saturated heterocycles.